The van der Waals surface area contributed by atoms with Gasteiger partial charge in [-0.1, -0.05) is 11.6 Å². The van der Waals surface area contributed by atoms with Gasteiger partial charge in [0.05, 0.1) is 22.9 Å². The van der Waals surface area contributed by atoms with Crippen molar-refractivity contribution in [1.82, 2.24) is 14.8 Å². The zero-order valence-electron chi connectivity index (χ0n) is 15.0. The molecular weight excluding hydrogens is 431 g/mol. The lowest BCUT2D eigenvalue weighted by Gasteiger charge is -2.09. The molecule has 0 fully saturated rings. The van der Waals surface area contributed by atoms with E-state index in [1.54, 1.807) is 12.1 Å². The van der Waals surface area contributed by atoms with E-state index in [0.717, 1.165) is 19.2 Å². The highest BCUT2D eigenvalue weighted by Crippen LogP contribution is 2.36. The number of nitrogens with one attached hydrogen (secondary N) is 1. The van der Waals surface area contributed by atoms with Crippen molar-refractivity contribution >= 4 is 28.9 Å². The van der Waals surface area contributed by atoms with Crippen LogP contribution in [0, 0.1) is 10.1 Å². The number of pyridine rings is 1. The summed E-state index contributed by atoms with van der Waals surface area (Å²) < 4.78 is 45.0. The number of ether oxygens (including phenoxy) is 1. The zero-order chi connectivity index (χ0) is 22.1. The lowest BCUT2D eigenvalue weighted by molar-refractivity contribution is -0.384. The Labute approximate surface area is 171 Å². The maximum atomic E-state index is 13.0. The van der Waals surface area contributed by atoms with Crippen LogP contribution < -0.4 is 10.1 Å². The van der Waals surface area contributed by atoms with Crippen LogP contribution in [-0.4, -0.2) is 25.6 Å². The Morgan fingerprint density at radius 3 is 2.60 bits per heavy atom. The molecule has 30 heavy (non-hydrogen) atoms. The van der Waals surface area contributed by atoms with Crippen molar-refractivity contribution in [2.45, 2.75) is 6.18 Å². The molecule has 2 aromatic heterocycles. The fourth-order valence-electron chi connectivity index (χ4n) is 2.50. The number of halogens is 4. The highest BCUT2D eigenvalue weighted by molar-refractivity contribution is 6.34. The summed E-state index contributed by atoms with van der Waals surface area (Å²) in [5, 5.41) is 16.0. The van der Waals surface area contributed by atoms with Crippen LogP contribution in [0.25, 0.3) is 0 Å². The normalized spacial score (nSPS) is 11.2. The molecule has 0 aliphatic heterocycles. The van der Waals surface area contributed by atoms with E-state index in [2.05, 4.69) is 15.4 Å². The number of nitrogens with zero attached hydrogens (tertiary/aromatic N) is 4. The summed E-state index contributed by atoms with van der Waals surface area (Å²) in [6.45, 7) is 0. The summed E-state index contributed by atoms with van der Waals surface area (Å²) in [7, 11) is 0.985. The van der Waals surface area contributed by atoms with Crippen LogP contribution in [0.3, 0.4) is 0 Å². The molecule has 156 valence electrons. The van der Waals surface area contributed by atoms with Crippen molar-refractivity contribution < 1.29 is 27.6 Å². The standard InChI is InChI=1S/C17H11ClF3N5O4/c1-25-15(17(19,20)21)13(18)14(24-25)16(27)23-9-5-10(26(28)29)7-12(6-9)30-11-3-2-4-22-8-11/h2-8H,1H3,(H,23,27). The van der Waals surface area contributed by atoms with Crippen molar-refractivity contribution in [2.75, 3.05) is 5.32 Å². The summed E-state index contributed by atoms with van der Waals surface area (Å²) >= 11 is 5.69. The summed E-state index contributed by atoms with van der Waals surface area (Å²) in [5.41, 5.74) is -2.51. The number of aromatic nitrogens is 3. The van der Waals surface area contributed by atoms with Crippen molar-refractivity contribution in [3.8, 4) is 11.5 Å². The van der Waals surface area contributed by atoms with E-state index in [4.69, 9.17) is 16.3 Å². The highest BCUT2D eigenvalue weighted by atomic mass is 35.5. The fraction of sp³-hybridized carbons (Fsp3) is 0.118. The van der Waals surface area contributed by atoms with Gasteiger partial charge in [-0.25, -0.2) is 0 Å². The maximum Gasteiger partial charge on any atom is 0.434 e. The predicted octanol–water partition coefficient (Wildman–Crippen LogP) is 4.44. The molecule has 0 aliphatic carbocycles. The lowest BCUT2D eigenvalue weighted by Crippen LogP contribution is -2.13. The Morgan fingerprint density at radius 1 is 1.30 bits per heavy atom. The summed E-state index contributed by atoms with van der Waals surface area (Å²) in [6.07, 6.45) is -1.96. The maximum absolute atomic E-state index is 13.0. The van der Waals surface area contributed by atoms with E-state index in [0.29, 0.717) is 4.68 Å². The minimum absolute atomic E-state index is 0.00408. The molecule has 0 saturated heterocycles. The second kappa shape index (κ2) is 7.99. The van der Waals surface area contributed by atoms with Crippen LogP contribution in [0.15, 0.2) is 42.7 Å². The smallest absolute Gasteiger partial charge is 0.434 e. The molecule has 0 atom stereocenters. The molecule has 0 aliphatic rings. The third-order valence-corrected chi connectivity index (χ3v) is 4.06. The number of non-ortho nitro benzene ring substituents is 1. The number of hydrogen-bond acceptors (Lipinski definition) is 6. The number of aryl methyl sites for hydroxylation is 1. The monoisotopic (exact) mass is 441 g/mol. The summed E-state index contributed by atoms with van der Waals surface area (Å²) in [5.74, 6) is -0.813. The third-order valence-electron chi connectivity index (χ3n) is 3.70. The average molecular weight is 442 g/mol. The summed E-state index contributed by atoms with van der Waals surface area (Å²) in [6, 6.07) is 6.50. The van der Waals surface area contributed by atoms with Gasteiger partial charge in [0.1, 0.15) is 16.5 Å². The van der Waals surface area contributed by atoms with Crippen LogP contribution >= 0.6 is 11.6 Å². The molecule has 1 amide bonds. The molecule has 1 N–H and O–H groups in total. The van der Waals surface area contributed by atoms with Gasteiger partial charge in [-0.05, 0) is 12.1 Å². The van der Waals surface area contributed by atoms with Gasteiger partial charge < -0.3 is 10.1 Å². The fourth-order valence-corrected chi connectivity index (χ4v) is 2.86. The number of rotatable bonds is 5. The minimum Gasteiger partial charge on any atom is -0.455 e. The predicted molar refractivity (Wildman–Crippen MR) is 98.6 cm³/mol. The Bertz CT molecular complexity index is 1120. The van der Waals surface area contributed by atoms with Gasteiger partial charge in [-0.15, -0.1) is 0 Å². The quantitative estimate of drug-likeness (QED) is 0.462. The molecule has 3 aromatic rings. The molecule has 0 spiro atoms. The number of amides is 1. The molecule has 13 heteroatoms. The van der Waals surface area contributed by atoms with Crippen molar-refractivity contribution in [2.24, 2.45) is 7.05 Å². The summed E-state index contributed by atoms with van der Waals surface area (Å²) in [4.78, 5) is 26.7. The lowest BCUT2D eigenvalue weighted by atomic mass is 10.2. The first-order chi connectivity index (χ1) is 14.1. The molecule has 1 aromatic carbocycles. The van der Waals surface area contributed by atoms with E-state index in [-0.39, 0.29) is 17.2 Å². The number of carbonyl (C=O) groups is 1. The average Bonchev–Trinajstić information content (AvgIpc) is 2.96. The Hall–Kier alpha value is -3.67. The van der Waals surface area contributed by atoms with Crippen LogP contribution in [0.5, 0.6) is 11.5 Å². The van der Waals surface area contributed by atoms with Crippen LogP contribution in [0.4, 0.5) is 24.5 Å². The SMILES string of the molecule is Cn1nc(C(=O)Nc2cc(Oc3cccnc3)cc([N+](=O)[O-])c2)c(Cl)c1C(F)(F)F. The molecule has 0 saturated carbocycles. The molecule has 9 nitrogen and oxygen atoms in total. The van der Waals surface area contributed by atoms with Crippen LogP contribution in [-0.2, 0) is 13.2 Å². The first-order valence-electron chi connectivity index (χ1n) is 8.04. The number of nitro groups is 1. The van der Waals surface area contributed by atoms with Gasteiger partial charge in [-0.2, -0.15) is 18.3 Å². The second-order valence-electron chi connectivity index (χ2n) is 5.85. The number of nitro benzene ring substituents is 1. The van der Waals surface area contributed by atoms with E-state index in [9.17, 15) is 28.1 Å². The first kappa shape index (κ1) is 21.0. The van der Waals surface area contributed by atoms with Gasteiger partial charge in [0.15, 0.2) is 11.4 Å². The third kappa shape index (κ3) is 4.49. The zero-order valence-corrected chi connectivity index (χ0v) is 15.7. The Balaban J connectivity index is 1.92. The largest absolute Gasteiger partial charge is 0.455 e. The van der Waals surface area contributed by atoms with Crippen molar-refractivity contribution in [1.29, 1.82) is 0 Å². The highest BCUT2D eigenvalue weighted by Gasteiger charge is 2.40. The van der Waals surface area contributed by atoms with E-state index >= 15 is 0 Å². The van der Waals surface area contributed by atoms with Gasteiger partial charge in [-0.3, -0.25) is 24.6 Å². The van der Waals surface area contributed by atoms with Crippen LogP contribution in [0.2, 0.25) is 5.02 Å². The van der Waals surface area contributed by atoms with Crippen molar-refractivity contribution in [3.05, 3.63) is 69.3 Å². The molecular formula is C17H11ClF3N5O4. The van der Waals surface area contributed by atoms with Gasteiger partial charge in [0.2, 0.25) is 0 Å². The molecule has 0 radical (unpaired) electrons. The van der Waals surface area contributed by atoms with E-state index in [1.807, 2.05) is 0 Å². The second-order valence-corrected chi connectivity index (χ2v) is 6.23. The van der Waals surface area contributed by atoms with Crippen molar-refractivity contribution in [3.63, 3.8) is 0 Å². The first-order valence-corrected chi connectivity index (χ1v) is 8.42. The number of benzene rings is 1. The molecule has 0 unspecified atom stereocenters. The van der Waals surface area contributed by atoms with E-state index in [1.165, 1.54) is 18.5 Å². The Morgan fingerprint density at radius 2 is 2.03 bits per heavy atom. The Kier molecular flexibility index (Phi) is 5.60. The van der Waals surface area contributed by atoms with Gasteiger partial charge in [0, 0.05) is 25.4 Å². The molecule has 2 heterocycles. The van der Waals surface area contributed by atoms with Gasteiger partial charge in [0.25, 0.3) is 11.6 Å². The van der Waals surface area contributed by atoms with E-state index < -0.39 is 39.1 Å². The molecule has 3 rings (SSSR count). The number of carbonyl (C=O) groups excluding carboxylic acids is 1. The van der Waals surface area contributed by atoms with Crippen LogP contribution in [0.1, 0.15) is 16.2 Å². The minimum atomic E-state index is -4.83. The van der Waals surface area contributed by atoms with Gasteiger partial charge >= 0.3 is 6.18 Å². The molecule has 0 bridgehead atoms. The number of alkyl halides is 3. The number of anilines is 1. The topological polar surface area (TPSA) is 112 Å². The number of hydrogen-bond donors (Lipinski definition) is 1.